The first-order chi connectivity index (χ1) is 8.33. The van der Waals surface area contributed by atoms with Crippen molar-refractivity contribution in [3.8, 4) is 11.8 Å². The monoisotopic (exact) mass is 231 g/mol. The third-order valence-corrected chi connectivity index (χ3v) is 2.12. The summed E-state index contributed by atoms with van der Waals surface area (Å²) in [4.78, 5) is 11.4. The molecule has 0 unspecified atom stereocenters. The first-order valence-corrected chi connectivity index (χ1v) is 5.54. The van der Waals surface area contributed by atoms with Crippen molar-refractivity contribution in [1.29, 1.82) is 0 Å². The van der Waals surface area contributed by atoms with Crippen LogP contribution < -0.4 is 5.32 Å². The number of hydrogen-bond donors (Lipinski definition) is 1. The smallest absolute Gasteiger partial charge is 0.158 e. The second-order valence-corrected chi connectivity index (χ2v) is 3.59. The molecule has 0 atom stereocenters. The lowest BCUT2D eigenvalue weighted by Gasteiger charge is -2.02. The molecule has 0 aliphatic rings. The largest absolute Gasteiger partial charge is 0.372 e. The van der Waals surface area contributed by atoms with Crippen molar-refractivity contribution in [3.05, 3.63) is 35.9 Å². The molecular formula is C14H17NO2. The van der Waals surface area contributed by atoms with Crippen LogP contribution in [0.2, 0.25) is 0 Å². The zero-order chi connectivity index (χ0) is 12.3. The fourth-order valence-corrected chi connectivity index (χ4v) is 1.29. The van der Waals surface area contributed by atoms with Crippen LogP contribution in [-0.4, -0.2) is 26.0 Å². The van der Waals surface area contributed by atoms with E-state index in [2.05, 4.69) is 17.2 Å². The Morgan fingerprint density at radius 2 is 2.06 bits per heavy atom. The predicted octanol–water partition coefficient (Wildman–Crippen LogP) is 1.39. The summed E-state index contributed by atoms with van der Waals surface area (Å²) in [6.45, 7) is 1.44. The Bertz CT molecular complexity index is 390. The molecule has 0 aromatic heterocycles. The number of ketones is 1. The number of benzene rings is 1. The van der Waals surface area contributed by atoms with Gasteiger partial charge in [-0.15, -0.1) is 0 Å². The maximum Gasteiger partial charge on any atom is 0.158 e. The Balaban J connectivity index is 2.15. The van der Waals surface area contributed by atoms with Crippen LogP contribution in [0.3, 0.4) is 0 Å². The fourth-order valence-electron chi connectivity index (χ4n) is 1.29. The van der Waals surface area contributed by atoms with Crippen LogP contribution in [0.15, 0.2) is 30.3 Å². The molecule has 0 saturated heterocycles. The number of carbonyl (C=O) groups is 1. The second-order valence-electron chi connectivity index (χ2n) is 3.59. The lowest BCUT2D eigenvalue weighted by atomic mass is 10.2. The predicted molar refractivity (Wildman–Crippen MR) is 67.4 cm³/mol. The van der Waals surface area contributed by atoms with E-state index < -0.39 is 0 Å². The topological polar surface area (TPSA) is 38.3 Å². The van der Waals surface area contributed by atoms with Crippen LogP contribution in [-0.2, 0) is 16.1 Å². The molecule has 0 fully saturated rings. The van der Waals surface area contributed by atoms with Gasteiger partial charge < -0.3 is 10.1 Å². The third kappa shape index (κ3) is 6.52. The van der Waals surface area contributed by atoms with Crippen molar-refractivity contribution in [2.24, 2.45) is 0 Å². The highest BCUT2D eigenvalue weighted by Gasteiger charge is 1.98. The minimum atomic E-state index is 0.101. The van der Waals surface area contributed by atoms with Gasteiger partial charge >= 0.3 is 0 Å². The van der Waals surface area contributed by atoms with Gasteiger partial charge in [-0.3, -0.25) is 4.79 Å². The summed E-state index contributed by atoms with van der Waals surface area (Å²) in [6.07, 6.45) is 0.283. The highest BCUT2D eigenvalue weighted by molar-refractivity contribution is 5.82. The number of hydrogen-bond acceptors (Lipinski definition) is 3. The van der Waals surface area contributed by atoms with E-state index in [-0.39, 0.29) is 12.2 Å². The molecule has 0 amide bonds. The average Bonchev–Trinajstić information content (AvgIpc) is 2.36. The lowest BCUT2D eigenvalue weighted by molar-refractivity contribution is -0.117. The summed E-state index contributed by atoms with van der Waals surface area (Å²) >= 11 is 0. The van der Waals surface area contributed by atoms with E-state index in [1.54, 1.807) is 7.11 Å². The second kappa shape index (κ2) is 8.51. The van der Waals surface area contributed by atoms with Crippen molar-refractivity contribution in [2.75, 3.05) is 20.3 Å². The highest BCUT2D eigenvalue weighted by Crippen LogP contribution is 1.96. The first-order valence-electron chi connectivity index (χ1n) is 5.54. The summed E-state index contributed by atoms with van der Waals surface area (Å²) in [7, 11) is 1.58. The molecule has 17 heavy (non-hydrogen) atoms. The fraction of sp³-hybridized carbons (Fsp3) is 0.357. The Kier molecular flexibility index (Phi) is 6.73. The molecule has 1 aromatic carbocycles. The molecule has 0 saturated carbocycles. The van der Waals surface area contributed by atoms with Gasteiger partial charge in [0.15, 0.2) is 5.78 Å². The first kappa shape index (κ1) is 13.4. The number of ether oxygens (including phenoxy) is 1. The molecule has 0 aliphatic carbocycles. The van der Waals surface area contributed by atoms with Gasteiger partial charge in [-0.1, -0.05) is 42.2 Å². The molecule has 0 bridgehead atoms. The maximum atomic E-state index is 11.4. The Morgan fingerprint density at radius 1 is 1.29 bits per heavy atom. The van der Waals surface area contributed by atoms with Crippen molar-refractivity contribution in [2.45, 2.75) is 13.0 Å². The number of Topliss-reactive ketones (excluding diaryl/α,β-unsaturated/α-hetero) is 1. The van der Waals surface area contributed by atoms with Crippen molar-refractivity contribution in [3.63, 3.8) is 0 Å². The Morgan fingerprint density at radius 3 is 2.76 bits per heavy atom. The molecule has 3 heteroatoms. The van der Waals surface area contributed by atoms with E-state index in [4.69, 9.17) is 4.74 Å². The normalized spacial score (nSPS) is 9.47. The SMILES string of the molecule is COCC#CCC(=O)CNCc1ccccc1. The summed E-state index contributed by atoms with van der Waals surface area (Å²) in [6, 6.07) is 9.98. The van der Waals surface area contributed by atoms with Gasteiger partial charge in [-0.2, -0.15) is 0 Å². The number of nitrogens with one attached hydrogen (secondary N) is 1. The van der Waals surface area contributed by atoms with E-state index in [0.29, 0.717) is 19.7 Å². The summed E-state index contributed by atoms with van der Waals surface area (Å²) in [5.41, 5.74) is 1.17. The zero-order valence-corrected chi connectivity index (χ0v) is 10.0. The van der Waals surface area contributed by atoms with Gasteiger partial charge in [0.25, 0.3) is 0 Å². The van der Waals surface area contributed by atoms with E-state index in [1.807, 2.05) is 30.3 Å². The van der Waals surface area contributed by atoms with E-state index in [0.717, 1.165) is 0 Å². The molecule has 0 spiro atoms. The molecule has 1 aromatic rings. The van der Waals surface area contributed by atoms with Gasteiger partial charge in [0.2, 0.25) is 0 Å². The van der Waals surface area contributed by atoms with Crippen LogP contribution in [0.4, 0.5) is 0 Å². The van der Waals surface area contributed by atoms with Crippen molar-refractivity contribution in [1.82, 2.24) is 5.32 Å². The molecule has 90 valence electrons. The molecule has 1 N–H and O–H groups in total. The standard InChI is InChI=1S/C14H17NO2/c1-17-10-6-5-9-14(16)12-15-11-13-7-3-2-4-8-13/h2-4,7-8,15H,9-12H2,1H3. The molecule has 0 aliphatic heterocycles. The van der Waals surface area contributed by atoms with E-state index in [9.17, 15) is 4.79 Å². The maximum absolute atomic E-state index is 11.4. The summed E-state index contributed by atoms with van der Waals surface area (Å²) < 4.78 is 4.76. The molecule has 3 nitrogen and oxygen atoms in total. The number of carbonyl (C=O) groups excluding carboxylic acids is 1. The minimum Gasteiger partial charge on any atom is -0.372 e. The van der Waals surface area contributed by atoms with Gasteiger partial charge in [0, 0.05) is 13.7 Å². The van der Waals surface area contributed by atoms with Crippen LogP contribution in [0.25, 0.3) is 0 Å². The van der Waals surface area contributed by atoms with E-state index >= 15 is 0 Å². The van der Waals surface area contributed by atoms with Crippen LogP contribution in [0, 0.1) is 11.8 Å². The Hall–Kier alpha value is -1.63. The van der Waals surface area contributed by atoms with Crippen LogP contribution in [0.1, 0.15) is 12.0 Å². The third-order valence-electron chi connectivity index (χ3n) is 2.12. The minimum absolute atomic E-state index is 0.101. The quantitative estimate of drug-likeness (QED) is 0.752. The molecular weight excluding hydrogens is 214 g/mol. The Labute approximate surface area is 102 Å². The molecule has 1 rings (SSSR count). The number of methoxy groups -OCH3 is 1. The lowest BCUT2D eigenvalue weighted by Crippen LogP contribution is -2.22. The highest BCUT2D eigenvalue weighted by atomic mass is 16.5. The van der Waals surface area contributed by atoms with Crippen molar-refractivity contribution < 1.29 is 9.53 Å². The summed E-state index contributed by atoms with van der Waals surface area (Å²) in [5.74, 6) is 5.62. The van der Waals surface area contributed by atoms with Gasteiger partial charge in [0.05, 0.1) is 13.0 Å². The number of rotatable bonds is 6. The van der Waals surface area contributed by atoms with Gasteiger partial charge in [0.1, 0.15) is 6.61 Å². The van der Waals surface area contributed by atoms with E-state index in [1.165, 1.54) is 5.56 Å². The van der Waals surface area contributed by atoms with Gasteiger partial charge in [-0.05, 0) is 5.56 Å². The van der Waals surface area contributed by atoms with Crippen molar-refractivity contribution >= 4 is 5.78 Å². The summed E-state index contributed by atoms with van der Waals surface area (Å²) in [5, 5.41) is 3.09. The van der Waals surface area contributed by atoms with Gasteiger partial charge in [-0.25, -0.2) is 0 Å². The van der Waals surface area contributed by atoms with Crippen LogP contribution in [0.5, 0.6) is 0 Å². The molecule has 0 radical (unpaired) electrons. The molecule has 0 heterocycles. The average molecular weight is 231 g/mol. The zero-order valence-electron chi connectivity index (χ0n) is 10.0. The van der Waals surface area contributed by atoms with Crippen LogP contribution >= 0.6 is 0 Å².